The molecule has 2 aromatic carbocycles. The summed E-state index contributed by atoms with van der Waals surface area (Å²) in [7, 11) is 1.97. The molecule has 128 valence electrons. The standard InChI is InChI=1S/C20H22N4O/c1-23-20-7-4-18(12-16(20)13-21-23)22-17-8-10-24(11-9-17)19-5-2-15(14-25)3-6-19/h2-7,12-14,17,22H,8-11H2,1H3. The van der Waals surface area contributed by atoms with Gasteiger partial charge in [-0.2, -0.15) is 5.10 Å². The highest BCUT2D eigenvalue weighted by molar-refractivity contribution is 5.82. The predicted octanol–water partition coefficient (Wildman–Crippen LogP) is 3.47. The van der Waals surface area contributed by atoms with Crippen molar-refractivity contribution >= 4 is 28.6 Å². The topological polar surface area (TPSA) is 50.2 Å². The molecule has 2 heterocycles. The van der Waals surface area contributed by atoms with Crippen LogP contribution < -0.4 is 10.2 Å². The summed E-state index contributed by atoms with van der Waals surface area (Å²) in [4.78, 5) is 13.2. The van der Waals surface area contributed by atoms with Crippen molar-refractivity contribution in [2.24, 2.45) is 7.05 Å². The maximum absolute atomic E-state index is 10.8. The molecule has 0 amide bonds. The van der Waals surface area contributed by atoms with Crippen molar-refractivity contribution < 1.29 is 4.79 Å². The Hall–Kier alpha value is -2.82. The Balaban J connectivity index is 1.38. The van der Waals surface area contributed by atoms with Gasteiger partial charge in [0, 0.05) is 48.5 Å². The number of fused-ring (bicyclic) bond motifs is 1. The lowest BCUT2D eigenvalue weighted by Gasteiger charge is -2.34. The average Bonchev–Trinajstić information content (AvgIpc) is 3.03. The molecule has 1 aliphatic heterocycles. The number of rotatable bonds is 4. The monoisotopic (exact) mass is 334 g/mol. The van der Waals surface area contributed by atoms with Crippen LogP contribution in [0.3, 0.4) is 0 Å². The highest BCUT2D eigenvalue weighted by Gasteiger charge is 2.19. The maximum Gasteiger partial charge on any atom is 0.150 e. The molecule has 3 aromatic rings. The molecule has 4 rings (SSSR count). The summed E-state index contributed by atoms with van der Waals surface area (Å²) in [5, 5.41) is 9.13. The maximum atomic E-state index is 10.8. The molecular formula is C20H22N4O. The Kier molecular flexibility index (Phi) is 4.14. The van der Waals surface area contributed by atoms with Crippen molar-refractivity contribution in [2.75, 3.05) is 23.3 Å². The molecule has 5 nitrogen and oxygen atoms in total. The van der Waals surface area contributed by atoms with Gasteiger partial charge in [0.1, 0.15) is 6.29 Å². The quantitative estimate of drug-likeness (QED) is 0.742. The Morgan fingerprint density at radius 1 is 1.12 bits per heavy atom. The molecule has 0 radical (unpaired) electrons. The molecule has 1 N–H and O–H groups in total. The van der Waals surface area contributed by atoms with Gasteiger partial charge in [0.15, 0.2) is 0 Å². The number of aryl methyl sites for hydroxylation is 1. The summed E-state index contributed by atoms with van der Waals surface area (Å²) in [6.45, 7) is 2.04. The molecule has 1 aliphatic rings. The first kappa shape index (κ1) is 15.7. The number of piperidine rings is 1. The Bertz CT molecular complexity index is 876. The second kappa shape index (κ2) is 6.59. The molecular weight excluding hydrogens is 312 g/mol. The number of carbonyl (C=O) groups excluding carboxylic acids is 1. The molecule has 5 heteroatoms. The van der Waals surface area contributed by atoms with Crippen molar-refractivity contribution in [3.05, 3.63) is 54.2 Å². The zero-order valence-electron chi connectivity index (χ0n) is 14.4. The fourth-order valence-corrected chi connectivity index (χ4v) is 3.53. The molecule has 0 atom stereocenters. The van der Waals surface area contributed by atoms with Crippen LogP contribution in [0.1, 0.15) is 23.2 Å². The third-order valence-corrected chi connectivity index (χ3v) is 5.01. The van der Waals surface area contributed by atoms with Crippen LogP contribution in [0.5, 0.6) is 0 Å². The van der Waals surface area contributed by atoms with E-state index in [1.165, 1.54) is 11.1 Å². The summed E-state index contributed by atoms with van der Waals surface area (Å²) >= 11 is 0. The summed E-state index contributed by atoms with van der Waals surface area (Å²) in [6, 6.07) is 14.8. The van der Waals surface area contributed by atoms with E-state index in [0.29, 0.717) is 6.04 Å². The number of hydrogen-bond acceptors (Lipinski definition) is 4. The first-order chi connectivity index (χ1) is 12.2. The molecule has 1 saturated heterocycles. The van der Waals surface area contributed by atoms with Gasteiger partial charge in [0.25, 0.3) is 0 Å². The minimum absolute atomic E-state index is 0.486. The second-order valence-electron chi connectivity index (χ2n) is 6.66. The van der Waals surface area contributed by atoms with E-state index < -0.39 is 0 Å². The van der Waals surface area contributed by atoms with Gasteiger partial charge in [-0.3, -0.25) is 9.48 Å². The second-order valence-corrected chi connectivity index (χ2v) is 6.66. The first-order valence-corrected chi connectivity index (χ1v) is 8.71. The van der Waals surface area contributed by atoms with Gasteiger partial charge in [-0.25, -0.2) is 0 Å². The number of hydrogen-bond donors (Lipinski definition) is 1. The van der Waals surface area contributed by atoms with E-state index in [1.807, 2.05) is 42.2 Å². The molecule has 0 saturated carbocycles. The summed E-state index contributed by atoms with van der Waals surface area (Å²) in [5.74, 6) is 0. The third-order valence-electron chi connectivity index (χ3n) is 5.01. The average molecular weight is 334 g/mol. The van der Waals surface area contributed by atoms with E-state index in [9.17, 15) is 4.79 Å². The first-order valence-electron chi connectivity index (χ1n) is 8.71. The number of aldehydes is 1. The van der Waals surface area contributed by atoms with Crippen LogP contribution >= 0.6 is 0 Å². The van der Waals surface area contributed by atoms with Crippen LogP contribution in [0.25, 0.3) is 10.9 Å². The summed E-state index contributed by atoms with van der Waals surface area (Å²) in [6.07, 6.45) is 4.99. The minimum Gasteiger partial charge on any atom is -0.382 e. The predicted molar refractivity (Wildman–Crippen MR) is 101 cm³/mol. The molecule has 0 spiro atoms. The molecule has 0 aliphatic carbocycles. The van der Waals surface area contributed by atoms with E-state index in [4.69, 9.17) is 0 Å². The molecule has 0 bridgehead atoms. The van der Waals surface area contributed by atoms with Crippen LogP contribution in [0.2, 0.25) is 0 Å². The van der Waals surface area contributed by atoms with Crippen LogP contribution in [-0.2, 0) is 7.05 Å². The van der Waals surface area contributed by atoms with Crippen LogP contribution in [-0.4, -0.2) is 35.2 Å². The highest BCUT2D eigenvalue weighted by atomic mass is 16.1. The van der Waals surface area contributed by atoms with Crippen molar-refractivity contribution in [3.8, 4) is 0 Å². The normalized spacial score (nSPS) is 15.5. The van der Waals surface area contributed by atoms with E-state index in [-0.39, 0.29) is 0 Å². The van der Waals surface area contributed by atoms with Crippen molar-refractivity contribution in [1.29, 1.82) is 0 Å². The van der Waals surface area contributed by atoms with Crippen LogP contribution in [0.4, 0.5) is 11.4 Å². The largest absolute Gasteiger partial charge is 0.382 e. The number of carbonyl (C=O) groups is 1. The lowest BCUT2D eigenvalue weighted by Crippen LogP contribution is -2.39. The van der Waals surface area contributed by atoms with Gasteiger partial charge in [-0.15, -0.1) is 0 Å². The highest BCUT2D eigenvalue weighted by Crippen LogP contribution is 2.24. The summed E-state index contributed by atoms with van der Waals surface area (Å²) in [5.41, 5.74) is 4.24. The lowest BCUT2D eigenvalue weighted by atomic mass is 10.0. The number of anilines is 2. The number of aromatic nitrogens is 2. The van der Waals surface area contributed by atoms with Gasteiger partial charge in [-0.1, -0.05) is 0 Å². The molecule has 25 heavy (non-hydrogen) atoms. The Morgan fingerprint density at radius 2 is 1.88 bits per heavy atom. The van der Waals surface area contributed by atoms with Crippen LogP contribution in [0.15, 0.2) is 48.7 Å². The molecule has 0 unspecified atom stereocenters. The van der Waals surface area contributed by atoms with Crippen molar-refractivity contribution in [1.82, 2.24) is 9.78 Å². The van der Waals surface area contributed by atoms with Gasteiger partial charge >= 0.3 is 0 Å². The zero-order chi connectivity index (χ0) is 17.2. The number of nitrogens with zero attached hydrogens (tertiary/aromatic N) is 3. The van der Waals surface area contributed by atoms with E-state index in [2.05, 4.69) is 33.5 Å². The van der Waals surface area contributed by atoms with Gasteiger partial charge in [-0.05, 0) is 55.3 Å². The number of benzene rings is 2. The van der Waals surface area contributed by atoms with E-state index >= 15 is 0 Å². The minimum atomic E-state index is 0.486. The zero-order valence-corrected chi connectivity index (χ0v) is 14.4. The summed E-state index contributed by atoms with van der Waals surface area (Å²) < 4.78 is 1.90. The fraction of sp³-hybridized carbons (Fsp3) is 0.300. The fourth-order valence-electron chi connectivity index (χ4n) is 3.53. The molecule has 1 fully saturated rings. The van der Waals surface area contributed by atoms with Gasteiger partial charge in [0.05, 0.1) is 11.7 Å². The number of nitrogens with one attached hydrogen (secondary N) is 1. The lowest BCUT2D eigenvalue weighted by molar-refractivity contribution is 0.112. The van der Waals surface area contributed by atoms with Crippen LogP contribution in [0, 0.1) is 0 Å². The Labute approximate surface area is 147 Å². The third kappa shape index (κ3) is 3.22. The Morgan fingerprint density at radius 3 is 2.60 bits per heavy atom. The SMILES string of the molecule is Cn1ncc2cc(NC3CCN(c4ccc(C=O)cc4)CC3)ccc21. The van der Waals surface area contributed by atoms with E-state index in [1.54, 1.807) is 0 Å². The van der Waals surface area contributed by atoms with E-state index in [0.717, 1.165) is 49.0 Å². The smallest absolute Gasteiger partial charge is 0.150 e. The molecule has 1 aromatic heterocycles. The van der Waals surface area contributed by atoms with Gasteiger partial charge < -0.3 is 10.2 Å². The van der Waals surface area contributed by atoms with Crippen molar-refractivity contribution in [3.63, 3.8) is 0 Å². The van der Waals surface area contributed by atoms with Gasteiger partial charge in [0.2, 0.25) is 0 Å². The van der Waals surface area contributed by atoms with Crippen molar-refractivity contribution in [2.45, 2.75) is 18.9 Å².